The lowest BCUT2D eigenvalue weighted by Gasteiger charge is -2.00. The van der Waals surface area contributed by atoms with Crippen LogP contribution in [0.4, 0.5) is 0 Å². The molecule has 0 unspecified atom stereocenters. The van der Waals surface area contributed by atoms with Crippen molar-refractivity contribution < 1.29 is 35.9 Å². The molecule has 94 valence electrons. The molecular formula is C12H22Cl2N2. The van der Waals surface area contributed by atoms with Gasteiger partial charge in [-0.2, -0.15) is 0 Å². The molecular weight excluding hydrogens is 243 g/mol. The maximum Gasteiger partial charge on any atom is 0.125 e. The molecule has 16 heavy (non-hydrogen) atoms. The average Bonchev–Trinajstić information content (AvgIpc) is 2.25. The van der Waals surface area contributed by atoms with Crippen LogP contribution in [0.5, 0.6) is 0 Å². The molecule has 1 aromatic carbocycles. The molecule has 0 saturated heterocycles. The number of halogens is 2. The van der Waals surface area contributed by atoms with Gasteiger partial charge in [0, 0.05) is 0 Å². The molecule has 0 aliphatic carbocycles. The van der Waals surface area contributed by atoms with E-state index in [1.807, 2.05) is 0 Å². The Bertz CT molecular complexity index is 230. The van der Waals surface area contributed by atoms with Crippen molar-refractivity contribution in [1.29, 1.82) is 0 Å². The molecule has 0 aliphatic rings. The third-order valence-electron chi connectivity index (χ3n) is 2.37. The Hall–Kier alpha value is -0.280. The number of hydrogen-bond donors (Lipinski definition) is 2. The fraction of sp³-hybridized carbons (Fsp3) is 0.500. The summed E-state index contributed by atoms with van der Waals surface area (Å²) in [6.07, 6.45) is 3.84. The average molecular weight is 265 g/mol. The minimum absolute atomic E-state index is 0. The smallest absolute Gasteiger partial charge is 0.125 e. The topological polar surface area (TPSA) is 44.2 Å². The summed E-state index contributed by atoms with van der Waals surface area (Å²) in [5, 5.41) is 2.36. The lowest BCUT2D eigenvalue weighted by molar-refractivity contribution is -0.670. The normalized spacial score (nSPS) is 9.06. The lowest BCUT2D eigenvalue weighted by atomic mass is 10.1. The Morgan fingerprint density at radius 1 is 0.938 bits per heavy atom. The Balaban J connectivity index is 0. The van der Waals surface area contributed by atoms with Crippen molar-refractivity contribution in [2.24, 2.45) is 0 Å². The van der Waals surface area contributed by atoms with E-state index < -0.39 is 0 Å². The zero-order valence-corrected chi connectivity index (χ0v) is 11.2. The summed E-state index contributed by atoms with van der Waals surface area (Å²) in [7, 11) is 0. The van der Waals surface area contributed by atoms with E-state index in [0.29, 0.717) is 0 Å². The maximum atomic E-state index is 3.82. The van der Waals surface area contributed by atoms with Gasteiger partial charge in [-0.25, -0.2) is 0 Å². The summed E-state index contributed by atoms with van der Waals surface area (Å²) >= 11 is 0. The molecule has 0 amide bonds. The molecule has 1 rings (SSSR count). The Morgan fingerprint density at radius 2 is 1.62 bits per heavy atom. The number of benzene rings is 1. The van der Waals surface area contributed by atoms with Crippen LogP contribution in [-0.4, -0.2) is 19.6 Å². The number of quaternary nitrogens is 2. The van der Waals surface area contributed by atoms with Crippen LogP contribution in [0.25, 0.3) is 0 Å². The maximum absolute atomic E-state index is 3.82. The number of nitrogens with two attached hydrogens (primary N) is 1. The van der Waals surface area contributed by atoms with Crippen molar-refractivity contribution in [3.8, 4) is 0 Å². The van der Waals surface area contributed by atoms with Crippen LogP contribution in [0.3, 0.4) is 0 Å². The van der Waals surface area contributed by atoms with Gasteiger partial charge in [-0.3, -0.25) is 0 Å². The summed E-state index contributed by atoms with van der Waals surface area (Å²) in [6, 6.07) is 10.7. The molecule has 0 bridgehead atoms. The van der Waals surface area contributed by atoms with Gasteiger partial charge in [-0.1, -0.05) is 30.3 Å². The van der Waals surface area contributed by atoms with Crippen molar-refractivity contribution in [2.75, 3.05) is 19.6 Å². The molecule has 0 spiro atoms. The van der Waals surface area contributed by atoms with E-state index in [4.69, 9.17) is 0 Å². The van der Waals surface area contributed by atoms with Gasteiger partial charge in [-0.15, -0.1) is 0 Å². The van der Waals surface area contributed by atoms with Gasteiger partial charge in [0.15, 0.2) is 0 Å². The molecule has 0 aliphatic heterocycles. The highest BCUT2D eigenvalue weighted by molar-refractivity contribution is 5.14. The largest absolute Gasteiger partial charge is 1.00 e. The Labute approximate surface area is 111 Å². The molecule has 0 radical (unpaired) electrons. The first-order chi connectivity index (χ1) is 6.93. The van der Waals surface area contributed by atoms with Crippen molar-refractivity contribution >= 4 is 0 Å². The molecule has 2 nitrogen and oxygen atoms in total. The van der Waals surface area contributed by atoms with E-state index >= 15 is 0 Å². The molecule has 5 N–H and O–H groups in total. The highest BCUT2D eigenvalue weighted by atomic mass is 35.5. The van der Waals surface area contributed by atoms with Crippen LogP contribution in [0.15, 0.2) is 30.3 Å². The molecule has 0 aromatic heterocycles. The van der Waals surface area contributed by atoms with Gasteiger partial charge in [-0.05, 0) is 24.8 Å². The van der Waals surface area contributed by atoms with Crippen LogP contribution in [0.1, 0.15) is 18.4 Å². The first-order valence-corrected chi connectivity index (χ1v) is 5.58. The zero-order chi connectivity index (χ0) is 10.1. The summed E-state index contributed by atoms with van der Waals surface area (Å²) in [4.78, 5) is 0. The molecule has 0 atom stereocenters. The van der Waals surface area contributed by atoms with Gasteiger partial charge in [0.25, 0.3) is 0 Å². The quantitative estimate of drug-likeness (QED) is 0.461. The summed E-state index contributed by atoms with van der Waals surface area (Å²) < 4.78 is 0. The second-order valence-electron chi connectivity index (χ2n) is 3.66. The van der Waals surface area contributed by atoms with E-state index in [2.05, 4.69) is 41.4 Å². The van der Waals surface area contributed by atoms with E-state index in [0.717, 1.165) is 6.54 Å². The molecule has 0 heterocycles. The first-order valence-electron chi connectivity index (χ1n) is 5.58. The number of hydrogen-bond acceptors (Lipinski definition) is 0. The summed E-state index contributed by atoms with van der Waals surface area (Å²) in [5.41, 5.74) is 5.28. The van der Waals surface area contributed by atoms with Crippen molar-refractivity contribution in [3.05, 3.63) is 35.9 Å². The highest BCUT2D eigenvalue weighted by Gasteiger charge is 1.93. The molecule has 1 aromatic rings. The second kappa shape index (κ2) is 12.8. The van der Waals surface area contributed by atoms with Crippen LogP contribution < -0.4 is 35.9 Å². The van der Waals surface area contributed by atoms with E-state index in [1.54, 1.807) is 0 Å². The van der Waals surface area contributed by atoms with Crippen molar-refractivity contribution in [1.82, 2.24) is 0 Å². The van der Waals surface area contributed by atoms with Crippen molar-refractivity contribution in [3.63, 3.8) is 0 Å². The number of unbranched alkanes of at least 4 members (excludes halogenated alkanes) is 1. The van der Waals surface area contributed by atoms with Crippen LogP contribution >= 0.6 is 0 Å². The fourth-order valence-electron chi connectivity index (χ4n) is 1.55. The predicted octanol–water partition coefficient (Wildman–Crippen LogP) is -6.18. The number of aryl methyl sites for hydroxylation is 1. The van der Waals surface area contributed by atoms with Gasteiger partial charge in [0.1, 0.15) is 13.1 Å². The zero-order valence-electron chi connectivity index (χ0n) is 9.67. The Morgan fingerprint density at radius 3 is 2.25 bits per heavy atom. The third-order valence-corrected chi connectivity index (χ3v) is 2.37. The van der Waals surface area contributed by atoms with Crippen LogP contribution in [-0.2, 0) is 6.42 Å². The third kappa shape index (κ3) is 8.98. The molecule has 4 heteroatoms. The van der Waals surface area contributed by atoms with Crippen LogP contribution in [0.2, 0.25) is 0 Å². The van der Waals surface area contributed by atoms with E-state index in [-0.39, 0.29) is 24.8 Å². The van der Waals surface area contributed by atoms with Crippen LogP contribution in [0, 0.1) is 0 Å². The monoisotopic (exact) mass is 264 g/mol. The van der Waals surface area contributed by atoms with E-state index in [9.17, 15) is 0 Å². The minimum atomic E-state index is 0. The Kier molecular flexibility index (Phi) is 14.5. The van der Waals surface area contributed by atoms with Gasteiger partial charge >= 0.3 is 0 Å². The van der Waals surface area contributed by atoms with Gasteiger partial charge in [0.05, 0.1) is 6.54 Å². The predicted molar refractivity (Wildman–Crippen MR) is 58.8 cm³/mol. The first kappa shape index (κ1) is 18.1. The molecule has 0 fully saturated rings. The summed E-state index contributed by atoms with van der Waals surface area (Å²) in [6.45, 7) is 3.46. The van der Waals surface area contributed by atoms with Gasteiger partial charge in [0.2, 0.25) is 0 Å². The fourth-order valence-corrected chi connectivity index (χ4v) is 1.55. The number of rotatable bonds is 7. The second-order valence-corrected chi connectivity index (χ2v) is 3.66. The SMILES string of the molecule is [Cl-].[Cl-].[NH3+]CC[NH2+]CCCCc1ccccc1. The minimum Gasteiger partial charge on any atom is -1.00 e. The van der Waals surface area contributed by atoms with Crippen molar-refractivity contribution in [2.45, 2.75) is 19.3 Å². The van der Waals surface area contributed by atoms with E-state index in [1.165, 1.54) is 37.9 Å². The van der Waals surface area contributed by atoms with Gasteiger partial charge < -0.3 is 35.9 Å². The summed E-state index contributed by atoms with van der Waals surface area (Å²) in [5.74, 6) is 0. The lowest BCUT2D eigenvalue weighted by Crippen LogP contribution is -3.00. The standard InChI is InChI=1S/C12H20N2.2ClH/c13-9-11-14-10-5-4-8-12-6-2-1-3-7-12;;/h1-3,6-7,14H,4-5,8-11,13H2;2*1H. The highest BCUT2D eigenvalue weighted by Crippen LogP contribution is 2.03. The molecule has 0 saturated carbocycles.